The summed E-state index contributed by atoms with van der Waals surface area (Å²) in [7, 11) is 1.66. The van der Waals surface area contributed by atoms with Crippen LogP contribution in [-0.4, -0.2) is 38.4 Å². The fraction of sp³-hybridized carbons (Fsp3) is 0.889. The average Bonchev–Trinajstić information content (AvgIpc) is 2.07. The molecule has 0 radical (unpaired) electrons. The van der Waals surface area contributed by atoms with Gasteiger partial charge in [-0.2, -0.15) is 0 Å². The Morgan fingerprint density at radius 2 is 2.38 bits per heavy atom. The Morgan fingerprint density at radius 3 is 2.85 bits per heavy atom. The van der Waals surface area contributed by atoms with E-state index in [1.165, 1.54) is 0 Å². The van der Waals surface area contributed by atoms with E-state index in [1.807, 2.05) is 6.92 Å². The van der Waals surface area contributed by atoms with Crippen LogP contribution < -0.4 is 5.32 Å². The lowest BCUT2D eigenvalue weighted by Crippen LogP contribution is -2.48. The fourth-order valence-electron chi connectivity index (χ4n) is 1.07. The lowest BCUT2D eigenvalue weighted by atomic mass is 10.2. The van der Waals surface area contributed by atoms with Gasteiger partial charge in [-0.05, 0) is 13.3 Å². The Hall–Kier alpha value is -0.610. The smallest absolute Gasteiger partial charge is 0.220 e. The molecule has 0 spiro atoms. The maximum absolute atomic E-state index is 11.2. The first-order chi connectivity index (χ1) is 6.22. The number of nitrogens with one attached hydrogen (secondary N) is 1. The van der Waals surface area contributed by atoms with Gasteiger partial charge >= 0.3 is 0 Å². The molecule has 1 atom stereocenters. The highest BCUT2D eigenvalue weighted by Gasteiger charge is 2.20. The minimum Gasteiger partial charge on any atom is -0.382 e. The summed E-state index contributed by atoms with van der Waals surface area (Å²) in [5, 5.41) is 2.88. The highest BCUT2D eigenvalue weighted by molar-refractivity contribution is 5.76. The van der Waals surface area contributed by atoms with E-state index in [0.29, 0.717) is 19.6 Å². The van der Waals surface area contributed by atoms with Crippen LogP contribution in [0.5, 0.6) is 0 Å². The summed E-state index contributed by atoms with van der Waals surface area (Å²) in [6.07, 6.45) is 1.46. The zero-order chi connectivity index (χ0) is 9.68. The summed E-state index contributed by atoms with van der Waals surface area (Å²) in [6.45, 7) is 3.27. The van der Waals surface area contributed by atoms with E-state index >= 15 is 0 Å². The topological polar surface area (TPSA) is 47.6 Å². The van der Waals surface area contributed by atoms with Crippen molar-refractivity contribution in [3.05, 3.63) is 0 Å². The molecule has 1 N–H and O–H groups in total. The zero-order valence-electron chi connectivity index (χ0n) is 8.21. The third kappa shape index (κ3) is 3.74. The Kier molecular flexibility index (Phi) is 4.18. The van der Waals surface area contributed by atoms with Gasteiger partial charge < -0.3 is 14.8 Å². The molecule has 0 aromatic carbocycles. The highest BCUT2D eigenvalue weighted by atomic mass is 16.5. The van der Waals surface area contributed by atoms with Crippen LogP contribution >= 0.6 is 0 Å². The second-order valence-electron chi connectivity index (χ2n) is 3.39. The Morgan fingerprint density at radius 1 is 1.69 bits per heavy atom. The Bertz CT molecular complexity index is 168. The summed E-state index contributed by atoms with van der Waals surface area (Å²) >= 11 is 0. The Labute approximate surface area is 78.6 Å². The van der Waals surface area contributed by atoms with E-state index in [0.717, 1.165) is 6.42 Å². The van der Waals surface area contributed by atoms with E-state index in [4.69, 9.17) is 9.47 Å². The van der Waals surface area contributed by atoms with Crippen LogP contribution in [-0.2, 0) is 14.3 Å². The van der Waals surface area contributed by atoms with Crippen molar-refractivity contribution in [2.75, 3.05) is 20.3 Å². The van der Waals surface area contributed by atoms with Crippen molar-refractivity contribution < 1.29 is 14.3 Å². The van der Waals surface area contributed by atoms with Crippen molar-refractivity contribution in [2.45, 2.75) is 31.9 Å². The van der Waals surface area contributed by atoms with Crippen molar-refractivity contribution in [1.29, 1.82) is 0 Å². The molecule has 0 aromatic heterocycles. The SMILES string of the molecule is COC(C)CCC(=O)NC1COC1. The molecule has 1 aliphatic rings. The van der Waals surface area contributed by atoms with Gasteiger partial charge in [0.15, 0.2) is 0 Å². The normalized spacial score (nSPS) is 19.2. The molecule has 1 unspecified atom stereocenters. The third-order valence-electron chi connectivity index (χ3n) is 2.18. The van der Waals surface area contributed by atoms with E-state index in [1.54, 1.807) is 7.11 Å². The molecule has 1 saturated heterocycles. The summed E-state index contributed by atoms with van der Waals surface area (Å²) < 4.78 is 9.98. The minimum atomic E-state index is 0.0946. The molecule has 1 aliphatic heterocycles. The summed E-state index contributed by atoms with van der Waals surface area (Å²) in [5.74, 6) is 0.0946. The first-order valence-corrected chi connectivity index (χ1v) is 4.62. The summed E-state index contributed by atoms with van der Waals surface area (Å²) in [6, 6.07) is 0.241. The van der Waals surface area contributed by atoms with Crippen LogP contribution in [0.1, 0.15) is 19.8 Å². The van der Waals surface area contributed by atoms with E-state index in [-0.39, 0.29) is 18.1 Å². The van der Waals surface area contributed by atoms with Gasteiger partial charge in [0.2, 0.25) is 5.91 Å². The Balaban J connectivity index is 2.03. The number of carbonyl (C=O) groups excluding carboxylic acids is 1. The molecular weight excluding hydrogens is 170 g/mol. The second-order valence-corrected chi connectivity index (χ2v) is 3.39. The molecule has 1 rings (SSSR count). The van der Waals surface area contributed by atoms with E-state index in [9.17, 15) is 4.79 Å². The molecule has 4 nitrogen and oxygen atoms in total. The quantitative estimate of drug-likeness (QED) is 0.674. The van der Waals surface area contributed by atoms with Crippen LogP contribution in [0.2, 0.25) is 0 Å². The molecule has 1 fully saturated rings. The minimum absolute atomic E-state index is 0.0946. The number of ether oxygens (including phenoxy) is 2. The maximum Gasteiger partial charge on any atom is 0.220 e. The summed E-state index contributed by atoms with van der Waals surface area (Å²) in [5.41, 5.74) is 0. The molecule has 0 aromatic rings. The first kappa shape index (κ1) is 10.5. The number of amides is 1. The van der Waals surface area contributed by atoms with Crippen molar-refractivity contribution in [2.24, 2.45) is 0 Å². The average molecular weight is 187 g/mol. The molecule has 4 heteroatoms. The molecular formula is C9H17NO3. The van der Waals surface area contributed by atoms with Gasteiger partial charge in [-0.25, -0.2) is 0 Å². The second kappa shape index (κ2) is 5.19. The number of rotatable bonds is 5. The van der Waals surface area contributed by atoms with Crippen LogP contribution in [0.25, 0.3) is 0 Å². The van der Waals surface area contributed by atoms with E-state index < -0.39 is 0 Å². The summed E-state index contributed by atoms with van der Waals surface area (Å²) in [4.78, 5) is 11.2. The van der Waals surface area contributed by atoms with Crippen LogP contribution in [0, 0.1) is 0 Å². The lowest BCUT2D eigenvalue weighted by Gasteiger charge is -2.26. The van der Waals surface area contributed by atoms with Gasteiger partial charge in [-0.1, -0.05) is 0 Å². The van der Waals surface area contributed by atoms with Crippen LogP contribution in [0.3, 0.4) is 0 Å². The predicted octanol–water partition coefficient (Wildman–Crippen LogP) is 0.316. The maximum atomic E-state index is 11.2. The van der Waals surface area contributed by atoms with Gasteiger partial charge in [0.1, 0.15) is 0 Å². The van der Waals surface area contributed by atoms with E-state index in [2.05, 4.69) is 5.32 Å². The van der Waals surface area contributed by atoms with Crippen LogP contribution in [0.15, 0.2) is 0 Å². The molecule has 13 heavy (non-hydrogen) atoms. The molecule has 0 saturated carbocycles. The molecule has 1 heterocycles. The lowest BCUT2D eigenvalue weighted by molar-refractivity contribution is -0.125. The van der Waals surface area contributed by atoms with Gasteiger partial charge in [0, 0.05) is 13.5 Å². The third-order valence-corrected chi connectivity index (χ3v) is 2.18. The molecule has 0 bridgehead atoms. The largest absolute Gasteiger partial charge is 0.382 e. The monoisotopic (exact) mass is 187 g/mol. The standard InChI is InChI=1S/C9H17NO3/c1-7(12-2)3-4-9(11)10-8-5-13-6-8/h7-8H,3-6H2,1-2H3,(H,10,11). The number of methoxy groups -OCH3 is 1. The van der Waals surface area contributed by atoms with Crippen molar-refractivity contribution in [3.8, 4) is 0 Å². The van der Waals surface area contributed by atoms with Gasteiger partial charge in [-0.3, -0.25) is 4.79 Å². The van der Waals surface area contributed by atoms with Crippen molar-refractivity contribution in [3.63, 3.8) is 0 Å². The van der Waals surface area contributed by atoms with Crippen molar-refractivity contribution >= 4 is 5.91 Å². The zero-order valence-corrected chi connectivity index (χ0v) is 8.21. The van der Waals surface area contributed by atoms with Gasteiger partial charge in [0.05, 0.1) is 25.4 Å². The van der Waals surface area contributed by atoms with Crippen molar-refractivity contribution in [1.82, 2.24) is 5.32 Å². The highest BCUT2D eigenvalue weighted by Crippen LogP contribution is 2.03. The molecule has 1 amide bonds. The number of hydrogen-bond donors (Lipinski definition) is 1. The molecule has 0 aliphatic carbocycles. The fourth-order valence-corrected chi connectivity index (χ4v) is 1.07. The number of carbonyl (C=O) groups is 1. The van der Waals surface area contributed by atoms with Gasteiger partial charge in [0.25, 0.3) is 0 Å². The molecule has 76 valence electrons. The number of hydrogen-bond acceptors (Lipinski definition) is 3. The first-order valence-electron chi connectivity index (χ1n) is 4.62. The van der Waals surface area contributed by atoms with Gasteiger partial charge in [-0.15, -0.1) is 0 Å². The van der Waals surface area contributed by atoms with Crippen LogP contribution in [0.4, 0.5) is 0 Å². The predicted molar refractivity (Wildman–Crippen MR) is 48.5 cm³/mol.